The molecule has 0 unspecified atom stereocenters. The molecule has 1 fully saturated rings. The SMILES string of the molecule is O=C(Cc1c[nH]c2ccccc12)NCCn1nc(C(=O)N2CCCC2)c2c1CCOC2. The van der Waals surface area contributed by atoms with Gasteiger partial charge < -0.3 is 19.9 Å². The second kappa shape index (κ2) is 8.55. The lowest BCUT2D eigenvalue weighted by atomic mass is 10.1. The highest BCUT2D eigenvalue weighted by molar-refractivity contribution is 5.94. The van der Waals surface area contributed by atoms with E-state index in [0.717, 1.165) is 60.1 Å². The van der Waals surface area contributed by atoms with Crippen LogP contribution in [0.15, 0.2) is 30.5 Å². The van der Waals surface area contributed by atoms with Crippen LogP contribution < -0.4 is 5.32 Å². The molecule has 4 heterocycles. The highest BCUT2D eigenvalue weighted by Gasteiger charge is 2.29. The fourth-order valence-corrected chi connectivity index (χ4v) is 4.55. The molecule has 3 aromatic rings. The monoisotopic (exact) mass is 421 g/mol. The molecule has 31 heavy (non-hydrogen) atoms. The number of aromatic amines is 1. The van der Waals surface area contributed by atoms with Crippen LogP contribution in [0.4, 0.5) is 0 Å². The van der Waals surface area contributed by atoms with Crippen LogP contribution in [-0.2, 0) is 35.5 Å². The van der Waals surface area contributed by atoms with Crippen LogP contribution in [0, 0.1) is 0 Å². The lowest BCUT2D eigenvalue weighted by molar-refractivity contribution is -0.120. The van der Waals surface area contributed by atoms with Gasteiger partial charge in [-0.05, 0) is 24.5 Å². The van der Waals surface area contributed by atoms with Crippen LogP contribution in [0.2, 0.25) is 0 Å². The van der Waals surface area contributed by atoms with Gasteiger partial charge in [0.15, 0.2) is 5.69 Å². The molecule has 2 aliphatic heterocycles. The fraction of sp³-hybridized carbons (Fsp3) is 0.435. The third-order valence-corrected chi connectivity index (χ3v) is 6.16. The van der Waals surface area contributed by atoms with Gasteiger partial charge in [0.2, 0.25) is 5.91 Å². The van der Waals surface area contributed by atoms with Crippen molar-refractivity contribution in [1.29, 1.82) is 0 Å². The van der Waals surface area contributed by atoms with Crippen LogP contribution in [0.3, 0.4) is 0 Å². The number of rotatable bonds is 6. The molecule has 2 amide bonds. The van der Waals surface area contributed by atoms with E-state index in [2.05, 4.69) is 15.4 Å². The van der Waals surface area contributed by atoms with Gasteiger partial charge >= 0.3 is 0 Å². The fourth-order valence-electron chi connectivity index (χ4n) is 4.55. The zero-order valence-corrected chi connectivity index (χ0v) is 17.5. The summed E-state index contributed by atoms with van der Waals surface area (Å²) in [6.07, 6.45) is 5.05. The van der Waals surface area contributed by atoms with Crippen LogP contribution in [0.5, 0.6) is 0 Å². The van der Waals surface area contributed by atoms with Gasteiger partial charge in [0.05, 0.1) is 26.2 Å². The Morgan fingerprint density at radius 3 is 2.90 bits per heavy atom. The van der Waals surface area contributed by atoms with E-state index in [1.807, 2.05) is 40.0 Å². The molecule has 0 bridgehead atoms. The summed E-state index contributed by atoms with van der Waals surface area (Å²) >= 11 is 0. The molecule has 5 rings (SSSR count). The zero-order chi connectivity index (χ0) is 21.2. The number of fused-ring (bicyclic) bond motifs is 2. The molecule has 1 aromatic carbocycles. The molecule has 0 saturated carbocycles. The van der Waals surface area contributed by atoms with Gasteiger partial charge in [-0.15, -0.1) is 0 Å². The number of likely N-dealkylation sites (tertiary alicyclic amines) is 1. The molecule has 2 aromatic heterocycles. The number of nitrogens with zero attached hydrogens (tertiary/aromatic N) is 3. The maximum atomic E-state index is 12.9. The number of aromatic nitrogens is 3. The average molecular weight is 422 g/mol. The molecule has 2 aliphatic rings. The van der Waals surface area contributed by atoms with E-state index in [4.69, 9.17) is 4.74 Å². The smallest absolute Gasteiger partial charge is 0.274 e. The number of carbonyl (C=O) groups excluding carboxylic acids is 2. The lowest BCUT2D eigenvalue weighted by Gasteiger charge is -2.17. The molecule has 162 valence electrons. The number of hydrogen-bond acceptors (Lipinski definition) is 4. The first-order valence-electron chi connectivity index (χ1n) is 11.0. The van der Waals surface area contributed by atoms with Crippen molar-refractivity contribution in [3.63, 3.8) is 0 Å². The van der Waals surface area contributed by atoms with E-state index in [1.54, 1.807) is 0 Å². The number of nitrogens with one attached hydrogen (secondary N) is 2. The van der Waals surface area contributed by atoms with Gasteiger partial charge in [-0.3, -0.25) is 14.3 Å². The van der Waals surface area contributed by atoms with E-state index in [1.165, 1.54) is 0 Å². The van der Waals surface area contributed by atoms with E-state index in [9.17, 15) is 9.59 Å². The van der Waals surface area contributed by atoms with Crippen molar-refractivity contribution >= 4 is 22.7 Å². The Bertz CT molecular complexity index is 1110. The molecular formula is C23H27N5O3. The van der Waals surface area contributed by atoms with Crippen molar-refractivity contribution in [1.82, 2.24) is 25.0 Å². The Labute approximate surface area is 180 Å². The van der Waals surface area contributed by atoms with Crippen LogP contribution in [-0.4, -0.2) is 57.7 Å². The summed E-state index contributed by atoms with van der Waals surface area (Å²) < 4.78 is 7.48. The van der Waals surface area contributed by atoms with Crippen molar-refractivity contribution in [2.75, 3.05) is 26.2 Å². The van der Waals surface area contributed by atoms with Crippen LogP contribution in [0.25, 0.3) is 10.9 Å². The molecule has 0 spiro atoms. The third-order valence-electron chi connectivity index (χ3n) is 6.16. The van der Waals surface area contributed by atoms with Crippen LogP contribution in [0.1, 0.15) is 40.2 Å². The minimum atomic E-state index is -0.0255. The van der Waals surface area contributed by atoms with Gasteiger partial charge in [-0.1, -0.05) is 18.2 Å². The maximum Gasteiger partial charge on any atom is 0.274 e. The largest absolute Gasteiger partial charge is 0.376 e. The summed E-state index contributed by atoms with van der Waals surface area (Å²) in [4.78, 5) is 30.5. The predicted molar refractivity (Wildman–Crippen MR) is 116 cm³/mol. The Morgan fingerprint density at radius 1 is 1.19 bits per heavy atom. The highest BCUT2D eigenvalue weighted by Crippen LogP contribution is 2.23. The van der Waals surface area contributed by atoms with Gasteiger partial charge in [-0.25, -0.2) is 0 Å². The number of para-hydroxylation sites is 1. The number of amides is 2. The quantitative estimate of drug-likeness (QED) is 0.637. The zero-order valence-electron chi connectivity index (χ0n) is 17.5. The summed E-state index contributed by atoms with van der Waals surface area (Å²) in [6.45, 7) is 3.65. The van der Waals surface area contributed by atoms with Crippen LogP contribution >= 0.6 is 0 Å². The Morgan fingerprint density at radius 2 is 2.03 bits per heavy atom. The third kappa shape index (κ3) is 3.95. The highest BCUT2D eigenvalue weighted by atomic mass is 16.5. The van der Waals surface area contributed by atoms with E-state index < -0.39 is 0 Å². The standard InChI is InChI=1S/C23H27N5O3/c29-21(13-16-14-25-19-6-2-1-5-17(16)19)24-8-11-28-20-7-12-31-15-18(20)22(26-28)23(30)27-9-3-4-10-27/h1-2,5-6,14,25H,3-4,7-13,15H2,(H,24,29). The van der Waals surface area contributed by atoms with Crippen molar-refractivity contribution in [3.05, 3.63) is 53.0 Å². The molecular weight excluding hydrogens is 394 g/mol. The van der Waals surface area contributed by atoms with Crippen molar-refractivity contribution in [3.8, 4) is 0 Å². The topological polar surface area (TPSA) is 92.2 Å². The number of H-pyrrole nitrogens is 1. The molecule has 0 atom stereocenters. The first kappa shape index (κ1) is 19.8. The first-order valence-corrected chi connectivity index (χ1v) is 11.0. The van der Waals surface area contributed by atoms with Crippen molar-refractivity contribution in [2.24, 2.45) is 0 Å². The number of benzene rings is 1. The number of ether oxygens (including phenoxy) is 1. The number of carbonyl (C=O) groups is 2. The van der Waals surface area contributed by atoms with E-state index >= 15 is 0 Å². The van der Waals surface area contributed by atoms with Gasteiger partial charge in [0.25, 0.3) is 5.91 Å². The number of hydrogen-bond donors (Lipinski definition) is 2. The second-order valence-electron chi connectivity index (χ2n) is 8.19. The van der Waals surface area contributed by atoms with Crippen molar-refractivity contribution in [2.45, 2.75) is 38.8 Å². The minimum absolute atomic E-state index is 0.00127. The predicted octanol–water partition coefficient (Wildman–Crippen LogP) is 2.03. The lowest BCUT2D eigenvalue weighted by Crippen LogP contribution is -2.30. The summed E-state index contributed by atoms with van der Waals surface area (Å²) in [5.41, 5.74) is 4.50. The molecule has 1 saturated heterocycles. The average Bonchev–Trinajstić information content (AvgIpc) is 3.53. The Balaban J connectivity index is 1.24. The minimum Gasteiger partial charge on any atom is -0.376 e. The van der Waals surface area contributed by atoms with E-state index in [-0.39, 0.29) is 11.8 Å². The Kier molecular flexibility index (Phi) is 5.46. The van der Waals surface area contributed by atoms with Gasteiger partial charge in [-0.2, -0.15) is 5.10 Å². The normalized spacial score (nSPS) is 15.9. The summed E-state index contributed by atoms with van der Waals surface area (Å²) in [5.74, 6) is -0.0242. The molecule has 0 aliphatic carbocycles. The van der Waals surface area contributed by atoms with Gasteiger partial charge in [0, 0.05) is 54.4 Å². The molecule has 8 nitrogen and oxygen atoms in total. The second-order valence-corrected chi connectivity index (χ2v) is 8.19. The molecule has 8 heteroatoms. The Hall–Kier alpha value is -3.13. The van der Waals surface area contributed by atoms with Gasteiger partial charge in [0.1, 0.15) is 0 Å². The summed E-state index contributed by atoms with van der Waals surface area (Å²) in [5, 5.41) is 8.71. The summed E-state index contributed by atoms with van der Waals surface area (Å²) in [7, 11) is 0. The molecule has 0 radical (unpaired) electrons. The first-order chi connectivity index (χ1) is 15.2. The maximum absolute atomic E-state index is 12.9. The summed E-state index contributed by atoms with van der Waals surface area (Å²) in [6, 6.07) is 7.97. The van der Waals surface area contributed by atoms with E-state index in [0.29, 0.717) is 38.4 Å². The van der Waals surface area contributed by atoms with Crippen molar-refractivity contribution < 1.29 is 14.3 Å². The molecule has 2 N–H and O–H groups in total.